The number of halogens is 3. The molecule has 3 aromatic rings. The van der Waals surface area contributed by atoms with Crippen molar-refractivity contribution in [1.29, 1.82) is 5.26 Å². The van der Waals surface area contributed by atoms with E-state index in [-0.39, 0.29) is 18.0 Å². The van der Waals surface area contributed by atoms with Crippen LogP contribution in [0.2, 0.25) is 0 Å². The lowest BCUT2D eigenvalue weighted by molar-refractivity contribution is -0.112. The molecule has 4 nitrogen and oxygen atoms in total. The average Bonchev–Trinajstić information content (AvgIpc) is 2.72. The van der Waals surface area contributed by atoms with E-state index in [1.54, 1.807) is 54.6 Å². The summed E-state index contributed by atoms with van der Waals surface area (Å²) in [6.45, 7) is 0.0823. The highest BCUT2D eigenvalue weighted by Gasteiger charge is 2.11. The molecule has 1 amide bonds. The number of ether oxygens (including phenoxy) is 1. The van der Waals surface area contributed by atoms with E-state index < -0.39 is 5.91 Å². The molecular formula is C23H15Br2FN2O2. The molecule has 0 spiro atoms. The second-order valence-corrected chi connectivity index (χ2v) is 7.97. The topological polar surface area (TPSA) is 62.1 Å². The van der Waals surface area contributed by atoms with Crippen LogP contribution in [-0.4, -0.2) is 5.91 Å². The fourth-order valence-corrected chi connectivity index (χ4v) is 3.49. The van der Waals surface area contributed by atoms with E-state index >= 15 is 0 Å². The number of hydrogen-bond donors (Lipinski definition) is 1. The Bertz CT molecular complexity index is 1160. The van der Waals surface area contributed by atoms with E-state index in [0.717, 1.165) is 4.47 Å². The first kappa shape index (κ1) is 21.8. The summed E-state index contributed by atoms with van der Waals surface area (Å²) in [5, 5.41) is 12.1. The van der Waals surface area contributed by atoms with E-state index in [2.05, 4.69) is 37.2 Å². The lowest BCUT2D eigenvalue weighted by Crippen LogP contribution is -2.13. The van der Waals surface area contributed by atoms with Crippen molar-refractivity contribution < 1.29 is 13.9 Å². The molecule has 0 saturated carbocycles. The van der Waals surface area contributed by atoms with Crippen LogP contribution in [0.3, 0.4) is 0 Å². The molecule has 150 valence electrons. The van der Waals surface area contributed by atoms with Crippen LogP contribution in [0, 0.1) is 17.1 Å². The number of hydrogen-bond acceptors (Lipinski definition) is 3. The quantitative estimate of drug-likeness (QED) is 0.294. The van der Waals surface area contributed by atoms with E-state index in [4.69, 9.17) is 4.74 Å². The SMILES string of the molecule is N#C/C(=C/c1ccc(OCc2ccccc2F)c(Br)c1)C(=O)Nc1cccc(Br)c1. The zero-order valence-electron chi connectivity index (χ0n) is 15.5. The molecule has 0 aliphatic rings. The summed E-state index contributed by atoms with van der Waals surface area (Å²) >= 11 is 6.75. The Hall–Kier alpha value is -2.95. The van der Waals surface area contributed by atoms with Gasteiger partial charge in [0.1, 0.15) is 29.8 Å². The van der Waals surface area contributed by atoms with Crippen LogP contribution < -0.4 is 10.1 Å². The van der Waals surface area contributed by atoms with Crippen molar-refractivity contribution in [3.63, 3.8) is 0 Å². The lowest BCUT2D eigenvalue weighted by atomic mass is 10.1. The lowest BCUT2D eigenvalue weighted by Gasteiger charge is -2.10. The maximum absolute atomic E-state index is 13.7. The normalized spacial score (nSPS) is 10.9. The third-order valence-corrected chi connectivity index (χ3v) is 5.17. The summed E-state index contributed by atoms with van der Waals surface area (Å²) in [5.74, 6) is -0.317. The molecule has 0 fully saturated rings. The van der Waals surface area contributed by atoms with Crippen molar-refractivity contribution in [2.45, 2.75) is 6.61 Å². The van der Waals surface area contributed by atoms with Gasteiger partial charge in [-0.1, -0.05) is 46.3 Å². The monoisotopic (exact) mass is 528 g/mol. The summed E-state index contributed by atoms with van der Waals surface area (Å²) in [4.78, 5) is 12.4. The van der Waals surface area contributed by atoms with Gasteiger partial charge in [0.2, 0.25) is 0 Å². The van der Waals surface area contributed by atoms with Crippen molar-refractivity contribution in [3.8, 4) is 11.8 Å². The van der Waals surface area contributed by atoms with E-state index in [1.165, 1.54) is 12.1 Å². The van der Waals surface area contributed by atoms with Gasteiger partial charge in [0.25, 0.3) is 5.91 Å². The number of nitrogens with zero attached hydrogens (tertiary/aromatic N) is 1. The number of carbonyl (C=O) groups is 1. The first-order valence-corrected chi connectivity index (χ1v) is 10.4. The first-order chi connectivity index (χ1) is 14.5. The molecule has 7 heteroatoms. The van der Waals surface area contributed by atoms with Gasteiger partial charge in [-0.3, -0.25) is 4.79 Å². The van der Waals surface area contributed by atoms with Crippen LogP contribution in [0.4, 0.5) is 10.1 Å². The van der Waals surface area contributed by atoms with Gasteiger partial charge in [0.15, 0.2) is 0 Å². The van der Waals surface area contributed by atoms with Crippen LogP contribution in [0.25, 0.3) is 6.08 Å². The van der Waals surface area contributed by atoms with Crippen molar-refractivity contribution in [3.05, 3.63) is 98.2 Å². The minimum Gasteiger partial charge on any atom is -0.488 e. The fraction of sp³-hybridized carbons (Fsp3) is 0.0435. The zero-order chi connectivity index (χ0) is 21.5. The van der Waals surface area contributed by atoms with Crippen LogP contribution in [0.15, 0.2) is 81.2 Å². The van der Waals surface area contributed by atoms with Gasteiger partial charge in [0, 0.05) is 15.7 Å². The van der Waals surface area contributed by atoms with Crippen LogP contribution >= 0.6 is 31.9 Å². The third kappa shape index (κ3) is 5.78. The van der Waals surface area contributed by atoms with Crippen molar-refractivity contribution in [2.75, 3.05) is 5.32 Å². The van der Waals surface area contributed by atoms with Gasteiger partial charge in [0.05, 0.1) is 4.47 Å². The Kier molecular flexibility index (Phi) is 7.39. The minimum atomic E-state index is -0.508. The Morgan fingerprint density at radius 3 is 2.60 bits per heavy atom. The third-order valence-electron chi connectivity index (χ3n) is 4.06. The summed E-state index contributed by atoms with van der Waals surface area (Å²) in [6.07, 6.45) is 1.48. The van der Waals surface area contributed by atoms with Crippen LogP contribution in [0.1, 0.15) is 11.1 Å². The standard InChI is InChI=1S/C23H15Br2FN2O2/c24-18-5-3-6-19(12-18)28-23(29)17(13-27)10-15-8-9-22(20(25)11-15)30-14-16-4-1-2-7-21(16)26/h1-12H,14H2,(H,28,29)/b17-10-. The van der Waals surface area contributed by atoms with Gasteiger partial charge in [-0.15, -0.1) is 0 Å². The maximum Gasteiger partial charge on any atom is 0.266 e. The summed E-state index contributed by atoms with van der Waals surface area (Å²) < 4.78 is 20.8. The first-order valence-electron chi connectivity index (χ1n) is 8.81. The van der Waals surface area contributed by atoms with E-state index in [1.807, 2.05) is 12.1 Å². The number of amides is 1. The molecule has 30 heavy (non-hydrogen) atoms. The van der Waals surface area contributed by atoms with Gasteiger partial charge in [-0.05, 0) is 64.0 Å². The highest BCUT2D eigenvalue weighted by Crippen LogP contribution is 2.28. The number of benzene rings is 3. The average molecular weight is 530 g/mol. The molecule has 3 rings (SSSR count). The van der Waals surface area contributed by atoms with E-state index in [9.17, 15) is 14.4 Å². The van der Waals surface area contributed by atoms with Crippen molar-refractivity contribution >= 4 is 49.5 Å². The Morgan fingerprint density at radius 1 is 1.10 bits per heavy atom. The molecule has 0 unspecified atom stereocenters. The molecule has 0 atom stereocenters. The number of nitriles is 1. The van der Waals surface area contributed by atoms with Gasteiger partial charge in [-0.25, -0.2) is 4.39 Å². The number of rotatable bonds is 6. The maximum atomic E-state index is 13.7. The van der Waals surface area contributed by atoms with Crippen molar-refractivity contribution in [2.24, 2.45) is 0 Å². The predicted octanol–water partition coefficient (Wildman–Crippen LogP) is 6.48. The Balaban J connectivity index is 1.72. The highest BCUT2D eigenvalue weighted by molar-refractivity contribution is 9.10. The van der Waals surface area contributed by atoms with Crippen molar-refractivity contribution in [1.82, 2.24) is 0 Å². The number of anilines is 1. The van der Waals surface area contributed by atoms with Crippen LogP contribution in [-0.2, 0) is 11.4 Å². The summed E-state index contributed by atoms with van der Waals surface area (Å²) in [6, 6.07) is 20.5. The largest absolute Gasteiger partial charge is 0.488 e. The molecule has 0 radical (unpaired) electrons. The second-order valence-electron chi connectivity index (χ2n) is 6.20. The molecule has 0 bridgehead atoms. The number of nitrogens with one attached hydrogen (secondary N) is 1. The molecule has 0 aliphatic heterocycles. The molecule has 0 heterocycles. The summed E-state index contributed by atoms with van der Waals surface area (Å²) in [7, 11) is 0. The second kappa shape index (κ2) is 10.2. The molecule has 1 N–H and O–H groups in total. The number of carbonyl (C=O) groups excluding carboxylic acids is 1. The smallest absolute Gasteiger partial charge is 0.266 e. The Labute approximate surface area is 190 Å². The highest BCUT2D eigenvalue weighted by atomic mass is 79.9. The van der Waals surface area contributed by atoms with Gasteiger partial charge >= 0.3 is 0 Å². The fourth-order valence-electron chi connectivity index (χ4n) is 2.57. The summed E-state index contributed by atoms with van der Waals surface area (Å²) in [5.41, 5.74) is 1.63. The van der Waals surface area contributed by atoms with Gasteiger partial charge < -0.3 is 10.1 Å². The Morgan fingerprint density at radius 2 is 1.90 bits per heavy atom. The zero-order valence-corrected chi connectivity index (χ0v) is 18.7. The molecule has 0 saturated heterocycles. The molecule has 0 aliphatic carbocycles. The predicted molar refractivity (Wildman–Crippen MR) is 121 cm³/mol. The van der Waals surface area contributed by atoms with Crippen LogP contribution in [0.5, 0.6) is 5.75 Å². The minimum absolute atomic E-state index is 0.0399. The molecule has 0 aromatic heterocycles. The molecular weight excluding hydrogens is 515 g/mol. The molecule has 3 aromatic carbocycles. The van der Waals surface area contributed by atoms with E-state index in [0.29, 0.717) is 27.0 Å². The van der Waals surface area contributed by atoms with Gasteiger partial charge in [-0.2, -0.15) is 5.26 Å².